The molecule has 0 bridgehead atoms. The molecule has 0 saturated heterocycles. The largest absolute Gasteiger partial charge is 0.508 e. The minimum atomic E-state index is 0.335. The number of benzene rings is 1. The van der Waals surface area contributed by atoms with Crippen LogP contribution in [0.4, 0.5) is 5.69 Å². The van der Waals surface area contributed by atoms with E-state index in [9.17, 15) is 5.11 Å². The lowest BCUT2D eigenvalue weighted by molar-refractivity contribution is 0.235. The highest BCUT2D eigenvalue weighted by molar-refractivity contribution is 5.47. The molecule has 1 atom stereocenters. The molecule has 0 aliphatic carbocycles. The van der Waals surface area contributed by atoms with E-state index in [0.717, 1.165) is 25.2 Å². The Hall–Kier alpha value is -1.22. The fourth-order valence-corrected chi connectivity index (χ4v) is 1.85. The number of aromatic hydroxyl groups is 1. The van der Waals surface area contributed by atoms with E-state index in [-0.39, 0.29) is 0 Å². The Kier molecular flexibility index (Phi) is 5.29. The number of nitrogens with two attached hydrogens (primary N) is 1. The van der Waals surface area contributed by atoms with E-state index in [4.69, 9.17) is 5.73 Å². The Morgan fingerprint density at radius 2 is 2.06 bits per heavy atom. The molecule has 0 heterocycles. The van der Waals surface area contributed by atoms with Crippen LogP contribution in [-0.2, 0) is 6.54 Å². The van der Waals surface area contributed by atoms with Gasteiger partial charge in [0.05, 0.1) is 0 Å². The topological polar surface area (TPSA) is 49.5 Å². The second-order valence-corrected chi connectivity index (χ2v) is 4.73. The lowest BCUT2D eigenvalue weighted by Gasteiger charge is -2.24. The molecule has 96 valence electrons. The molecule has 0 fully saturated rings. The summed E-state index contributed by atoms with van der Waals surface area (Å²) in [5.41, 5.74) is 7.36. The van der Waals surface area contributed by atoms with Gasteiger partial charge in [0.15, 0.2) is 0 Å². The van der Waals surface area contributed by atoms with Crippen LogP contribution in [0.2, 0.25) is 0 Å². The number of rotatable bonds is 6. The summed E-state index contributed by atoms with van der Waals surface area (Å²) >= 11 is 0. The first kappa shape index (κ1) is 13.8. The highest BCUT2D eigenvalue weighted by Gasteiger charge is 2.10. The average molecular weight is 236 g/mol. The van der Waals surface area contributed by atoms with Gasteiger partial charge in [-0.25, -0.2) is 0 Å². The number of phenols is 1. The number of anilines is 1. The van der Waals surface area contributed by atoms with Crippen molar-refractivity contribution in [3.63, 3.8) is 0 Å². The van der Waals surface area contributed by atoms with E-state index < -0.39 is 0 Å². The highest BCUT2D eigenvalue weighted by Crippen LogP contribution is 2.21. The van der Waals surface area contributed by atoms with Crippen molar-refractivity contribution < 1.29 is 5.11 Å². The van der Waals surface area contributed by atoms with E-state index in [1.807, 2.05) is 6.07 Å². The Morgan fingerprint density at radius 3 is 2.65 bits per heavy atom. The van der Waals surface area contributed by atoms with Crippen molar-refractivity contribution >= 4 is 5.69 Å². The number of phenolic OH excluding ortho intramolecular Hbond substituents is 1. The minimum Gasteiger partial charge on any atom is -0.508 e. The van der Waals surface area contributed by atoms with Crippen molar-refractivity contribution in [2.24, 2.45) is 5.92 Å². The second kappa shape index (κ2) is 6.50. The number of hydrogen-bond acceptors (Lipinski definition) is 3. The number of nitrogens with zero attached hydrogens (tertiary/aromatic N) is 1. The van der Waals surface area contributed by atoms with Crippen molar-refractivity contribution in [2.45, 2.75) is 33.7 Å². The Bertz CT molecular complexity index is 352. The van der Waals surface area contributed by atoms with Crippen molar-refractivity contribution in [2.75, 3.05) is 18.8 Å². The lowest BCUT2D eigenvalue weighted by Crippen LogP contribution is -2.27. The molecule has 3 heteroatoms. The quantitative estimate of drug-likeness (QED) is 0.590. The zero-order valence-corrected chi connectivity index (χ0v) is 11.1. The molecule has 3 nitrogen and oxygen atoms in total. The van der Waals surface area contributed by atoms with E-state index >= 15 is 0 Å². The van der Waals surface area contributed by atoms with Crippen molar-refractivity contribution in [1.82, 2.24) is 4.90 Å². The molecule has 1 unspecified atom stereocenters. The van der Waals surface area contributed by atoms with Crippen LogP contribution in [0.15, 0.2) is 18.2 Å². The molecular formula is C14H24N2O. The summed E-state index contributed by atoms with van der Waals surface area (Å²) in [5.74, 6) is 1.01. The summed E-state index contributed by atoms with van der Waals surface area (Å²) in [7, 11) is 0. The predicted octanol–water partition coefficient (Wildman–Crippen LogP) is 2.84. The van der Waals surface area contributed by atoms with Gasteiger partial charge < -0.3 is 10.8 Å². The van der Waals surface area contributed by atoms with Gasteiger partial charge in [0.2, 0.25) is 0 Å². The van der Waals surface area contributed by atoms with Crippen molar-refractivity contribution in [3.05, 3.63) is 23.8 Å². The summed E-state index contributed by atoms with van der Waals surface area (Å²) in [6, 6.07) is 5.25. The van der Waals surface area contributed by atoms with Crippen LogP contribution in [0.5, 0.6) is 5.75 Å². The molecule has 0 saturated carbocycles. The van der Waals surface area contributed by atoms with Gasteiger partial charge in [0.1, 0.15) is 5.75 Å². The fourth-order valence-electron chi connectivity index (χ4n) is 1.85. The summed E-state index contributed by atoms with van der Waals surface area (Å²) in [6.07, 6.45) is 1.18. The molecule has 0 aliphatic heterocycles. The number of hydrogen-bond donors (Lipinski definition) is 2. The molecule has 1 aromatic carbocycles. The van der Waals surface area contributed by atoms with E-state index in [2.05, 4.69) is 25.7 Å². The Labute approximate surface area is 104 Å². The van der Waals surface area contributed by atoms with E-state index in [1.165, 1.54) is 6.42 Å². The minimum absolute atomic E-state index is 0.335. The van der Waals surface area contributed by atoms with Crippen LogP contribution in [-0.4, -0.2) is 23.1 Å². The maximum absolute atomic E-state index is 9.79. The Balaban J connectivity index is 2.69. The predicted molar refractivity (Wildman–Crippen MR) is 72.9 cm³/mol. The Morgan fingerprint density at radius 1 is 1.35 bits per heavy atom. The van der Waals surface area contributed by atoms with Gasteiger partial charge in [-0.2, -0.15) is 0 Å². The third-order valence-electron chi connectivity index (χ3n) is 3.21. The zero-order chi connectivity index (χ0) is 12.8. The monoisotopic (exact) mass is 236 g/mol. The van der Waals surface area contributed by atoms with Gasteiger partial charge in [-0.3, -0.25) is 4.90 Å². The average Bonchev–Trinajstić information content (AvgIpc) is 2.32. The van der Waals surface area contributed by atoms with Crippen molar-refractivity contribution in [1.29, 1.82) is 0 Å². The molecule has 0 amide bonds. The first-order chi connectivity index (χ1) is 8.06. The van der Waals surface area contributed by atoms with Crippen LogP contribution in [0.3, 0.4) is 0 Å². The second-order valence-electron chi connectivity index (χ2n) is 4.73. The van der Waals surface area contributed by atoms with Gasteiger partial charge in [0.25, 0.3) is 0 Å². The molecule has 3 N–H and O–H groups in total. The molecule has 0 radical (unpaired) electrons. The molecular weight excluding hydrogens is 212 g/mol. The van der Waals surface area contributed by atoms with Gasteiger partial charge in [-0.15, -0.1) is 0 Å². The van der Waals surface area contributed by atoms with Crippen LogP contribution in [0.1, 0.15) is 32.8 Å². The first-order valence-electron chi connectivity index (χ1n) is 6.36. The zero-order valence-electron chi connectivity index (χ0n) is 11.1. The van der Waals surface area contributed by atoms with Crippen LogP contribution in [0, 0.1) is 5.92 Å². The highest BCUT2D eigenvalue weighted by atomic mass is 16.3. The van der Waals surface area contributed by atoms with Gasteiger partial charge in [-0.05, 0) is 30.7 Å². The standard InChI is InChI=1S/C14H24N2O/c1-4-11(3)9-16(5-2)10-12-8-13(15)6-7-14(12)17/h6-8,11,17H,4-5,9-10,15H2,1-3H3. The van der Waals surface area contributed by atoms with E-state index in [1.54, 1.807) is 12.1 Å². The van der Waals surface area contributed by atoms with Crippen LogP contribution < -0.4 is 5.73 Å². The third-order valence-corrected chi connectivity index (χ3v) is 3.21. The number of nitrogen functional groups attached to an aromatic ring is 1. The van der Waals surface area contributed by atoms with Crippen LogP contribution in [0.25, 0.3) is 0 Å². The molecule has 0 spiro atoms. The molecule has 17 heavy (non-hydrogen) atoms. The maximum atomic E-state index is 9.79. The fraction of sp³-hybridized carbons (Fsp3) is 0.571. The molecule has 0 aromatic heterocycles. The van der Waals surface area contributed by atoms with Crippen LogP contribution >= 0.6 is 0 Å². The summed E-state index contributed by atoms with van der Waals surface area (Å²) < 4.78 is 0. The van der Waals surface area contributed by atoms with Crippen molar-refractivity contribution in [3.8, 4) is 5.75 Å². The first-order valence-corrected chi connectivity index (χ1v) is 6.36. The lowest BCUT2D eigenvalue weighted by atomic mass is 10.1. The summed E-state index contributed by atoms with van der Waals surface area (Å²) in [5, 5.41) is 9.79. The normalized spacial score (nSPS) is 12.9. The molecule has 1 rings (SSSR count). The van der Waals surface area contributed by atoms with Gasteiger partial charge >= 0.3 is 0 Å². The molecule has 0 aliphatic rings. The summed E-state index contributed by atoms with van der Waals surface area (Å²) in [4.78, 5) is 2.34. The van der Waals surface area contributed by atoms with E-state index in [0.29, 0.717) is 17.4 Å². The summed E-state index contributed by atoms with van der Waals surface area (Å²) in [6.45, 7) is 9.40. The third kappa shape index (κ3) is 4.27. The van der Waals surface area contributed by atoms with Gasteiger partial charge in [-0.1, -0.05) is 27.2 Å². The SMILES string of the molecule is CCC(C)CN(CC)Cc1cc(N)ccc1O. The van der Waals surface area contributed by atoms with Gasteiger partial charge in [0, 0.05) is 24.3 Å². The molecule has 1 aromatic rings. The smallest absolute Gasteiger partial charge is 0.120 e. The maximum Gasteiger partial charge on any atom is 0.120 e.